The minimum atomic E-state index is 0.0712. The van der Waals surface area contributed by atoms with E-state index in [4.69, 9.17) is 0 Å². The predicted molar refractivity (Wildman–Crippen MR) is 95.0 cm³/mol. The Balaban J connectivity index is 1.55. The van der Waals surface area contributed by atoms with E-state index < -0.39 is 0 Å². The number of hydrogen-bond donors (Lipinski definition) is 1. The first-order chi connectivity index (χ1) is 11.6. The lowest BCUT2D eigenvalue weighted by atomic mass is 10.0. The molecule has 0 saturated carbocycles. The van der Waals surface area contributed by atoms with Crippen LogP contribution in [0.1, 0.15) is 49.6 Å². The zero-order valence-corrected chi connectivity index (χ0v) is 15.3. The van der Waals surface area contributed by atoms with Gasteiger partial charge in [0.15, 0.2) is 0 Å². The summed E-state index contributed by atoms with van der Waals surface area (Å²) in [5, 5.41) is 7.64. The van der Waals surface area contributed by atoms with E-state index in [-0.39, 0.29) is 6.03 Å². The van der Waals surface area contributed by atoms with Crippen molar-refractivity contribution in [3.05, 3.63) is 17.0 Å². The van der Waals surface area contributed by atoms with Crippen LogP contribution in [0.3, 0.4) is 0 Å². The molecule has 24 heavy (non-hydrogen) atoms. The molecule has 1 N–H and O–H groups in total. The fourth-order valence-electron chi connectivity index (χ4n) is 4.12. The summed E-state index contributed by atoms with van der Waals surface area (Å²) in [6.45, 7) is 11.8. The minimum absolute atomic E-state index is 0.0712. The molecule has 1 aromatic heterocycles. The monoisotopic (exact) mass is 333 g/mol. The third-order valence-electron chi connectivity index (χ3n) is 5.59. The fraction of sp³-hybridized carbons (Fsp3) is 0.778. The number of carbonyl (C=O) groups excluding carboxylic acids is 1. The van der Waals surface area contributed by atoms with E-state index in [1.54, 1.807) is 0 Å². The second-order valence-corrected chi connectivity index (χ2v) is 7.11. The van der Waals surface area contributed by atoms with Crippen LogP contribution in [0.4, 0.5) is 4.79 Å². The summed E-state index contributed by atoms with van der Waals surface area (Å²) in [5.41, 5.74) is 3.32. The molecule has 0 bridgehead atoms. The highest BCUT2D eigenvalue weighted by Gasteiger charge is 2.29. The zero-order valence-electron chi connectivity index (χ0n) is 15.3. The van der Waals surface area contributed by atoms with E-state index >= 15 is 0 Å². The molecule has 1 aromatic rings. The number of urea groups is 1. The molecule has 134 valence electrons. The maximum absolute atomic E-state index is 12.6. The first kappa shape index (κ1) is 17.3. The first-order valence-corrected chi connectivity index (χ1v) is 9.39. The standard InChI is InChI=1S/C18H31N5O/c1-4-23-15(3)17(14(2)20-23)12-19-18(24)22-11-7-8-16(13-22)21-9-5-6-10-21/h16H,4-13H2,1-3H3,(H,19,24)/t16-/m0/s1. The lowest BCUT2D eigenvalue weighted by Gasteiger charge is -2.37. The van der Waals surface area contributed by atoms with Gasteiger partial charge in [0, 0.05) is 43.5 Å². The Morgan fingerprint density at radius 3 is 2.62 bits per heavy atom. The molecular formula is C18H31N5O. The van der Waals surface area contributed by atoms with Crippen LogP contribution in [0.15, 0.2) is 0 Å². The summed E-state index contributed by atoms with van der Waals surface area (Å²) in [5.74, 6) is 0. The largest absolute Gasteiger partial charge is 0.334 e. The smallest absolute Gasteiger partial charge is 0.317 e. The van der Waals surface area contributed by atoms with Gasteiger partial charge in [-0.1, -0.05) is 0 Å². The van der Waals surface area contributed by atoms with Crippen molar-refractivity contribution in [2.24, 2.45) is 0 Å². The number of aryl methyl sites for hydroxylation is 2. The highest BCUT2D eigenvalue weighted by molar-refractivity contribution is 5.74. The first-order valence-electron chi connectivity index (χ1n) is 9.39. The molecule has 0 spiro atoms. The molecule has 2 aliphatic heterocycles. The lowest BCUT2D eigenvalue weighted by Crippen LogP contribution is -2.51. The van der Waals surface area contributed by atoms with E-state index in [2.05, 4.69) is 29.2 Å². The molecule has 2 aliphatic rings. The molecule has 0 aromatic carbocycles. The normalized spacial score (nSPS) is 22.1. The summed E-state index contributed by atoms with van der Waals surface area (Å²) in [6, 6.07) is 0.625. The van der Waals surface area contributed by atoms with Gasteiger partial charge >= 0.3 is 6.03 Å². The third kappa shape index (κ3) is 3.58. The van der Waals surface area contributed by atoms with E-state index in [9.17, 15) is 4.79 Å². The summed E-state index contributed by atoms with van der Waals surface area (Å²) in [7, 11) is 0. The van der Waals surface area contributed by atoms with Crippen LogP contribution in [-0.4, -0.2) is 57.8 Å². The van der Waals surface area contributed by atoms with Crippen LogP contribution >= 0.6 is 0 Å². The molecule has 3 heterocycles. The number of likely N-dealkylation sites (tertiary alicyclic amines) is 2. The maximum Gasteiger partial charge on any atom is 0.317 e. The Bertz CT molecular complexity index is 576. The molecule has 0 unspecified atom stereocenters. The van der Waals surface area contributed by atoms with E-state index in [1.807, 2.05) is 16.5 Å². The van der Waals surface area contributed by atoms with Crippen LogP contribution in [0, 0.1) is 13.8 Å². The minimum Gasteiger partial charge on any atom is -0.334 e. The Kier molecular flexibility index (Phi) is 5.43. The Morgan fingerprint density at radius 1 is 1.21 bits per heavy atom. The SMILES string of the molecule is CCn1nc(C)c(CNC(=O)N2CCC[C@H](N3CCCC3)C2)c1C. The van der Waals surface area contributed by atoms with Crippen molar-refractivity contribution in [2.45, 2.75) is 65.6 Å². The number of nitrogens with zero attached hydrogens (tertiary/aromatic N) is 4. The number of piperidine rings is 1. The molecular weight excluding hydrogens is 302 g/mol. The predicted octanol–water partition coefficient (Wildman–Crippen LogP) is 2.29. The molecule has 3 rings (SSSR count). The second-order valence-electron chi connectivity index (χ2n) is 7.11. The summed E-state index contributed by atoms with van der Waals surface area (Å²) in [4.78, 5) is 17.2. The van der Waals surface area contributed by atoms with Crippen molar-refractivity contribution in [3.8, 4) is 0 Å². The molecule has 6 heteroatoms. The van der Waals surface area contributed by atoms with Gasteiger partial charge in [-0.25, -0.2) is 4.79 Å². The second kappa shape index (κ2) is 7.55. The van der Waals surface area contributed by atoms with Crippen LogP contribution < -0.4 is 5.32 Å². The summed E-state index contributed by atoms with van der Waals surface area (Å²) >= 11 is 0. The van der Waals surface area contributed by atoms with Crippen LogP contribution in [-0.2, 0) is 13.1 Å². The van der Waals surface area contributed by atoms with Gasteiger partial charge in [0.05, 0.1) is 5.69 Å². The summed E-state index contributed by atoms with van der Waals surface area (Å²) in [6.07, 6.45) is 4.96. The van der Waals surface area contributed by atoms with Crippen LogP contribution in [0.25, 0.3) is 0 Å². The average molecular weight is 333 g/mol. The van der Waals surface area contributed by atoms with E-state index in [0.29, 0.717) is 12.6 Å². The van der Waals surface area contributed by atoms with Crippen molar-refractivity contribution in [1.29, 1.82) is 0 Å². The highest BCUT2D eigenvalue weighted by Crippen LogP contribution is 2.20. The van der Waals surface area contributed by atoms with Gasteiger partial charge in [-0.3, -0.25) is 9.58 Å². The van der Waals surface area contributed by atoms with Crippen molar-refractivity contribution >= 4 is 6.03 Å². The highest BCUT2D eigenvalue weighted by atomic mass is 16.2. The summed E-state index contributed by atoms with van der Waals surface area (Å²) < 4.78 is 2.00. The van der Waals surface area contributed by atoms with Crippen LogP contribution in [0.2, 0.25) is 0 Å². The fourth-order valence-corrected chi connectivity index (χ4v) is 4.12. The molecule has 2 amide bonds. The molecule has 1 atom stereocenters. The van der Waals surface area contributed by atoms with Crippen molar-refractivity contribution in [3.63, 3.8) is 0 Å². The van der Waals surface area contributed by atoms with Crippen molar-refractivity contribution in [1.82, 2.24) is 24.9 Å². The van der Waals surface area contributed by atoms with Crippen molar-refractivity contribution in [2.75, 3.05) is 26.2 Å². The molecule has 2 saturated heterocycles. The quantitative estimate of drug-likeness (QED) is 0.920. The number of amides is 2. The lowest BCUT2D eigenvalue weighted by molar-refractivity contribution is 0.125. The number of aromatic nitrogens is 2. The molecule has 0 radical (unpaired) electrons. The van der Waals surface area contributed by atoms with Gasteiger partial charge < -0.3 is 10.2 Å². The van der Waals surface area contributed by atoms with Gasteiger partial charge in [0.2, 0.25) is 0 Å². The van der Waals surface area contributed by atoms with Gasteiger partial charge in [-0.15, -0.1) is 0 Å². The average Bonchev–Trinajstić information content (AvgIpc) is 3.22. The number of rotatable bonds is 4. The van der Waals surface area contributed by atoms with Gasteiger partial charge in [0.1, 0.15) is 0 Å². The Hall–Kier alpha value is -1.56. The third-order valence-corrected chi connectivity index (χ3v) is 5.59. The van der Waals surface area contributed by atoms with E-state index in [1.165, 1.54) is 32.4 Å². The molecule has 0 aliphatic carbocycles. The number of hydrogen-bond acceptors (Lipinski definition) is 3. The zero-order chi connectivity index (χ0) is 17.1. The van der Waals surface area contributed by atoms with Crippen LogP contribution in [0.5, 0.6) is 0 Å². The molecule has 6 nitrogen and oxygen atoms in total. The van der Waals surface area contributed by atoms with Gasteiger partial charge in [-0.05, 0) is 59.5 Å². The number of nitrogens with one attached hydrogen (secondary N) is 1. The molecule has 2 fully saturated rings. The Morgan fingerprint density at radius 2 is 1.96 bits per heavy atom. The Labute approximate surface area is 145 Å². The topological polar surface area (TPSA) is 53.4 Å². The number of carbonyl (C=O) groups is 1. The van der Waals surface area contributed by atoms with Crippen molar-refractivity contribution < 1.29 is 4.79 Å². The van der Waals surface area contributed by atoms with Gasteiger partial charge in [0.25, 0.3) is 0 Å². The van der Waals surface area contributed by atoms with Gasteiger partial charge in [-0.2, -0.15) is 5.10 Å². The maximum atomic E-state index is 12.6. The van der Waals surface area contributed by atoms with E-state index in [0.717, 1.165) is 43.0 Å².